The first-order valence-electron chi connectivity index (χ1n) is 8.80. The molecule has 8 nitrogen and oxygen atoms in total. The fourth-order valence-electron chi connectivity index (χ4n) is 3.15. The SMILES string of the molecule is Cc1nc(N2CCN(S(=O)(=O)c3cccc(F)c3)CC2)cc(-n2cccn2)n1. The number of rotatable bonds is 4. The highest BCUT2D eigenvalue weighted by molar-refractivity contribution is 7.89. The Hall–Kier alpha value is -2.85. The smallest absolute Gasteiger partial charge is 0.243 e. The molecule has 1 fully saturated rings. The van der Waals surface area contributed by atoms with Gasteiger partial charge in [-0.3, -0.25) is 0 Å². The summed E-state index contributed by atoms with van der Waals surface area (Å²) in [6.07, 6.45) is 3.47. The van der Waals surface area contributed by atoms with Crippen molar-refractivity contribution in [2.75, 3.05) is 31.1 Å². The molecule has 1 aliphatic rings. The van der Waals surface area contributed by atoms with Crippen LogP contribution in [0, 0.1) is 12.7 Å². The van der Waals surface area contributed by atoms with Crippen LogP contribution in [0.3, 0.4) is 0 Å². The van der Waals surface area contributed by atoms with E-state index in [1.54, 1.807) is 24.0 Å². The molecule has 0 spiro atoms. The highest BCUT2D eigenvalue weighted by atomic mass is 32.2. The van der Waals surface area contributed by atoms with E-state index in [4.69, 9.17) is 0 Å². The number of aryl methyl sites for hydroxylation is 1. The van der Waals surface area contributed by atoms with E-state index in [0.29, 0.717) is 37.8 Å². The Morgan fingerprint density at radius 1 is 1.00 bits per heavy atom. The summed E-state index contributed by atoms with van der Waals surface area (Å²) in [4.78, 5) is 10.9. The monoisotopic (exact) mass is 402 g/mol. The highest BCUT2D eigenvalue weighted by Crippen LogP contribution is 2.21. The van der Waals surface area contributed by atoms with Crippen LogP contribution in [0.4, 0.5) is 10.2 Å². The molecule has 0 radical (unpaired) electrons. The number of sulfonamides is 1. The molecular formula is C18H19FN6O2S. The predicted octanol–water partition coefficient (Wildman–Crippen LogP) is 1.62. The summed E-state index contributed by atoms with van der Waals surface area (Å²) in [5.74, 6) is 1.42. The summed E-state index contributed by atoms with van der Waals surface area (Å²) >= 11 is 0. The van der Waals surface area contributed by atoms with Gasteiger partial charge in [-0.25, -0.2) is 27.5 Å². The lowest BCUT2D eigenvalue weighted by molar-refractivity contribution is 0.383. The standard InChI is InChI=1S/C18H19FN6O2S/c1-14-21-17(13-18(22-14)25-7-3-6-20-25)23-8-10-24(11-9-23)28(26,27)16-5-2-4-15(19)12-16/h2-7,12-13H,8-11H2,1H3. The van der Waals surface area contributed by atoms with Gasteiger partial charge in [0.05, 0.1) is 4.90 Å². The zero-order valence-corrected chi connectivity index (χ0v) is 16.0. The van der Waals surface area contributed by atoms with E-state index < -0.39 is 15.8 Å². The Morgan fingerprint density at radius 2 is 1.75 bits per heavy atom. The van der Waals surface area contributed by atoms with Crippen molar-refractivity contribution in [2.45, 2.75) is 11.8 Å². The van der Waals surface area contributed by atoms with Crippen LogP contribution >= 0.6 is 0 Å². The van der Waals surface area contributed by atoms with Crippen LogP contribution < -0.4 is 4.90 Å². The van der Waals surface area contributed by atoms with Gasteiger partial charge in [-0.05, 0) is 31.2 Å². The van der Waals surface area contributed by atoms with Crippen LogP contribution in [0.1, 0.15) is 5.82 Å². The fraction of sp³-hybridized carbons (Fsp3) is 0.278. The summed E-state index contributed by atoms with van der Waals surface area (Å²) in [7, 11) is -3.72. The van der Waals surface area contributed by atoms with Crippen molar-refractivity contribution in [1.29, 1.82) is 0 Å². The van der Waals surface area contributed by atoms with Crippen molar-refractivity contribution >= 4 is 15.8 Å². The minimum Gasteiger partial charge on any atom is -0.354 e. The quantitative estimate of drug-likeness (QED) is 0.659. The van der Waals surface area contributed by atoms with Gasteiger partial charge in [-0.2, -0.15) is 9.40 Å². The molecule has 146 valence electrons. The molecule has 28 heavy (non-hydrogen) atoms. The number of aromatic nitrogens is 4. The lowest BCUT2D eigenvalue weighted by atomic mass is 10.3. The first-order valence-corrected chi connectivity index (χ1v) is 10.2. The molecule has 1 aromatic carbocycles. The maximum Gasteiger partial charge on any atom is 0.243 e. The number of benzene rings is 1. The summed E-state index contributed by atoms with van der Waals surface area (Å²) in [5, 5.41) is 4.19. The Kier molecular flexibility index (Phi) is 4.82. The van der Waals surface area contributed by atoms with Gasteiger partial charge in [0.15, 0.2) is 5.82 Å². The van der Waals surface area contributed by atoms with E-state index in [0.717, 1.165) is 11.9 Å². The van der Waals surface area contributed by atoms with Gasteiger partial charge in [-0.15, -0.1) is 0 Å². The summed E-state index contributed by atoms with van der Waals surface area (Å²) in [6, 6.07) is 8.73. The maximum atomic E-state index is 13.4. The van der Waals surface area contributed by atoms with Crippen molar-refractivity contribution in [2.24, 2.45) is 0 Å². The third-order valence-corrected chi connectivity index (χ3v) is 6.44. The van der Waals surface area contributed by atoms with Crippen LogP contribution in [0.25, 0.3) is 5.82 Å². The second-order valence-corrected chi connectivity index (χ2v) is 8.37. The van der Waals surface area contributed by atoms with E-state index in [2.05, 4.69) is 15.1 Å². The normalized spacial score (nSPS) is 15.7. The minimum absolute atomic E-state index is 0.0280. The summed E-state index contributed by atoms with van der Waals surface area (Å²) in [5.41, 5.74) is 0. The van der Waals surface area contributed by atoms with Gasteiger partial charge >= 0.3 is 0 Å². The first kappa shape index (κ1) is 18.5. The summed E-state index contributed by atoms with van der Waals surface area (Å²) in [6.45, 7) is 3.34. The minimum atomic E-state index is -3.72. The Labute approximate surface area is 162 Å². The fourth-order valence-corrected chi connectivity index (χ4v) is 4.61. The lowest BCUT2D eigenvalue weighted by Crippen LogP contribution is -2.49. The zero-order valence-electron chi connectivity index (χ0n) is 15.2. The lowest BCUT2D eigenvalue weighted by Gasteiger charge is -2.34. The van der Waals surface area contributed by atoms with Gasteiger partial charge in [0.25, 0.3) is 0 Å². The zero-order chi connectivity index (χ0) is 19.7. The molecule has 1 aliphatic heterocycles. The maximum absolute atomic E-state index is 13.4. The van der Waals surface area contributed by atoms with E-state index in [1.807, 2.05) is 17.0 Å². The average molecular weight is 402 g/mol. The van der Waals surface area contributed by atoms with Gasteiger partial charge in [-0.1, -0.05) is 6.07 Å². The van der Waals surface area contributed by atoms with E-state index in [9.17, 15) is 12.8 Å². The summed E-state index contributed by atoms with van der Waals surface area (Å²) < 4.78 is 42.0. The second kappa shape index (κ2) is 7.28. The van der Waals surface area contributed by atoms with Crippen LogP contribution in [-0.4, -0.2) is 58.7 Å². The van der Waals surface area contributed by atoms with Crippen molar-refractivity contribution in [3.05, 3.63) is 60.4 Å². The molecule has 2 aromatic heterocycles. The van der Waals surface area contributed by atoms with Crippen LogP contribution in [0.2, 0.25) is 0 Å². The number of piperazine rings is 1. The van der Waals surface area contributed by atoms with Crippen LogP contribution in [0.5, 0.6) is 0 Å². The number of nitrogens with zero attached hydrogens (tertiary/aromatic N) is 6. The predicted molar refractivity (Wildman–Crippen MR) is 101 cm³/mol. The molecule has 0 bridgehead atoms. The molecule has 0 aliphatic carbocycles. The molecule has 0 N–H and O–H groups in total. The van der Waals surface area contributed by atoms with Crippen molar-refractivity contribution in [3.8, 4) is 5.82 Å². The van der Waals surface area contributed by atoms with E-state index in [1.165, 1.54) is 22.5 Å². The van der Waals surface area contributed by atoms with Crippen LogP contribution in [0.15, 0.2) is 53.7 Å². The van der Waals surface area contributed by atoms with Crippen molar-refractivity contribution < 1.29 is 12.8 Å². The van der Waals surface area contributed by atoms with Gasteiger partial charge in [0.2, 0.25) is 10.0 Å². The van der Waals surface area contributed by atoms with Gasteiger partial charge < -0.3 is 4.90 Å². The van der Waals surface area contributed by atoms with Gasteiger partial charge in [0, 0.05) is 44.6 Å². The largest absolute Gasteiger partial charge is 0.354 e. The Morgan fingerprint density at radius 3 is 2.43 bits per heavy atom. The molecule has 1 saturated heterocycles. The van der Waals surface area contributed by atoms with E-state index in [-0.39, 0.29) is 4.90 Å². The number of halogens is 1. The third kappa shape index (κ3) is 3.60. The van der Waals surface area contributed by atoms with Crippen LogP contribution in [-0.2, 0) is 10.0 Å². The highest BCUT2D eigenvalue weighted by Gasteiger charge is 2.29. The molecular weight excluding hydrogens is 383 g/mol. The first-order chi connectivity index (χ1) is 13.4. The van der Waals surface area contributed by atoms with Crippen molar-refractivity contribution in [3.63, 3.8) is 0 Å². The molecule has 3 aromatic rings. The Balaban J connectivity index is 1.52. The van der Waals surface area contributed by atoms with Crippen molar-refractivity contribution in [1.82, 2.24) is 24.1 Å². The molecule has 4 rings (SSSR count). The topological polar surface area (TPSA) is 84.2 Å². The van der Waals surface area contributed by atoms with E-state index >= 15 is 0 Å². The van der Waals surface area contributed by atoms with Gasteiger partial charge in [0.1, 0.15) is 17.5 Å². The molecule has 0 unspecified atom stereocenters. The molecule has 10 heteroatoms. The molecule has 0 amide bonds. The molecule has 3 heterocycles. The average Bonchev–Trinajstić information content (AvgIpc) is 3.22. The second-order valence-electron chi connectivity index (χ2n) is 6.43. The molecule has 0 saturated carbocycles. The third-order valence-electron chi connectivity index (χ3n) is 4.55. The Bertz CT molecular complexity index is 1080. The number of anilines is 1. The molecule has 0 atom stereocenters. The number of hydrogen-bond donors (Lipinski definition) is 0. The number of hydrogen-bond acceptors (Lipinski definition) is 6.